The first-order valence-electron chi connectivity index (χ1n) is 5.26. The predicted molar refractivity (Wildman–Crippen MR) is 68.9 cm³/mol. The van der Waals surface area contributed by atoms with Gasteiger partial charge in [-0.1, -0.05) is 23.7 Å². The number of ketones is 1. The number of benzene rings is 1. The third-order valence-electron chi connectivity index (χ3n) is 2.58. The zero-order valence-electron chi connectivity index (χ0n) is 9.72. The summed E-state index contributed by atoms with van der Waals surface area (Å²) in [5.41, 5.74) is 0.191. The molecule has 0 saturated heterocycles. The van der Waals surface area contributed by atoms with Crippen molar-refractivity contribution in [2.45, 2.75) is 13.1 Å². The number of hydrogen-bond acceptors (Lipinski definition) is 2. The van der Waals surface area contributed by atoms with E-state index in [1.54, 1.807) is 12.3 Å². The fraction of sp³-hybridized carbons (Fsp3) is 0.154. The minimum atomic E-state index is -4.40. The van der Waals surface area contributed by atoms with Crippen molar-refractivity contribution in [3.63, 3.8) is 0 Å². The quantitative estimate of drug-likeness (QED) is 0.717. The molecule has 0 fully saturated rings. The van der Waals surface area contributed by atoms with Crippen LogP contribution >= 0.6 is 22.9 Å². The number of rotatable bonds is 2. The van der Waals surface area contributed by atoms with Gasteiger partial charge >= 0.3 is 6.18 Å². The Labute approximate surface area is 116 Å². The van der Waals surface area contributed by atoms with Crippen LogP contribution < -0.4 is 0 Å². The Morgan fingerprint density at radius 2 is 1.79 bits per heavy atom. The molecule has 1 heterocycles. The largest absolute Gasteiger partial charge is 0.416 e. The number of halogens is 4. The van der Waals surface area contributed by atoms with E-state index < -0.39 is 11.7 Å². The van der Waals surface area contributed by atoms with Crippen LogP contribution in [0.15, 0.2) is 29.6 Å². The lowest BCUT2D eigenvalue weighted by molar-refractivity contribution is -0.137. The Bertz CT molecular complexity index is 614. The second kappa shape index (κ2) is 4.98. The molecule has 2 rings (SSSR count). The standard InChI is InChI=1S/C13H8ClF3OS/c1-7-6-19-12(10(7)14)11(18)8-2-4-9(5-3-8)13(15,16)17/h2-6H,1H3. The molecule has 0 aliphatic heterocycles. The third kappa shape index (κ3) is 2.82. The van der Waals surface area contributed by atoms with E-state index in [9.17, 15) is 18.0 Å². The second-order valence-corrected chi connectivity index (χ2v) is 5.22. The van der Waals surface area contributed by atoms with Gasteiger partial charge in [-0.15, -0.1) is 11.3 Å². The molecule has 1 nitrogen and oxygen atoms in total. The molecule has 1 aromatic carbocycles. The van der Waals surface area contributed by atoms with Gasteiger partial charge in [0.15, 0.2) is 0 Å². The predicted octanol–water partition coefficient (Wildman–Crippen LogP) is 4.96. The Balaban J connectivity index is 2.33. The molecule has 0 atom stereocenters. The van der Waals surface area contributed by atoms with Crippen LogP contribution in [0, 0.1) is 6.92 Å². The zero-order chi connectivity index (χ0) is 14.2. The van der Waals surface area contributed by atoms with Crippen LogP contribution in [0.3, 0.4) is 0 Å². The van der Waals surface area contributed by atoms with Gasteiger partial charge in [0, 0.05) is 5.56 Å². The molecule has 0 N–H and O–H groups in total. The van der Waals surface area contributed by atoms with Gasteiger partial charge in [-0.2, -0.15) is 13.2 Å². The number of hydrogen-bond donors (Lipinski definition) is 0. The normalized spacial score (nSPS) is 11.6. The van der Waals surface area contributed by atoms with Gasteiger partial charge in [0.25, 0.3) is 0 Å². The fourth-order valence-corrected chi connectivity index (χ4v) is 2.77. The van der Waals surface area contributed by atoms with E-state index in [2.05, 4.69) is 0 Å². The average Bonchev–Trinajstić information content (AvgIpc) is 2.68. The molecule has 6 heteroatoms. The first kappa shape index (κ1) is 14.1. The van der Waals surface area contributed by atoms with Gasteiger partial charge in [-0.25, -0.2) is 0 Å². The molecule has 19 heavy (non-hydrogen) atoms. The van der Waals surface area contributed by atoms with Crippen molar-refractivity contribution >= 4 is 28.7 Å². The van der Waals surface area contributed by atoms with E-state index in [0.717, 1.165) is 29.8 Å². The van der Waals surface area contributed by atoms with Crippen molar-refractivity contribution in [1.29, 1.82) is 0 Å². The molecule has 0 bridgehead atoms. The zero-order valence-corrected chi connectivity index (χ0v) is 11.3. The lowest BCUT2D eigenvalue weighted by Gasteiger charge is -2.06. The fourth-order valence-electron chi connectivity index (χ4n) is 1.52. The molecule has 0 saturated carbocycles. The van der Waals surface area contributed by atoms with Crippen LogP contribution in [-0.4, -0.2) is 5.78 Å². The highest BCUT2D eigenvalue weighted by atomic mass is 35.5. The van der Waals surface area contributed by atoms with E-state index >= 15 is 0 Å². The Morgan fingerprint density at radius 1 is 1.21 bits per heavy atom. The van der Waals surface area contributed by atoms with Gasteiger partial charge in [0.2, 0.25) is 5.78 Å². The van der Waals surface area contributed by atoms with E-state index in [1.807, 2.05) is 0 Å². The Kier molecular flexibility index (Phi) is 3.69. The molecule has 0 amide bonds. The summed E-state index contributed by atoms with van der Waals surface area (Å²) in [6.45, 7) is 1.77. The number of carbonyl (C=O) groups is 1. The maximum absolute atomic E-state index is 12.4. The monoisotopic (exact) mass is 304 g/mol. The second-order valence-electron chi connectivity index (χ2n) is 3.97. The average molecular weight is 305 g/mol. The first-order valence-corrected chi connectivity index (χ1v) is 6.52. The van der Waals surface area contributed by atoms with Crippen molar-refractivity contribution in [3.8, 4) is 0 Å². The summed E-state index contributed by atoms with van der Waals surface area (Å²) in [6, 6.07) is 4.11. The van der Waals surface area contributed by atoms with Crippen LogP contribution in [0.25, 0.3) is 0 Å². The highest BCUT2D eigenvalue weighted by Crippen LogP contribution is 2.31. The number of carbonyl (C=O) groups excluding carboxylic acids is 1. The maximum atomic E-state index is 12.4. The van der Waals surface area contributed by atoms with Crippen LogP contribution in [0.2, 0.25) is 5.02 Å². The van der Waals surface area contributed by atoms with E-state index in [4.69, 9.17) is 11.6 Å². The third-order valence-corrected chi connectivity index (χ3v) is 4.28. The van der Waals surface area contributed by atoms with E-state index in [0.29, 0.717) is 9.90 Å². The molecule has 0 aliphatic rings. The molecule has 2 aromatic rings. The Morgan fingerprint density at radius 3 is 2.21 bits per heavy atom. The summed E-state index contributed by atoms with van der Waals surface area (Å²) in [5.74, 6) is -0.364. The summed E-state index contributed by atoms with van der Waals surface area (Å²) >= 11 is 7.15. The topological polar surface area (TPSA) is 17.1 Å². The number of alkyl halides is 3. The summed E-state index contributed by atoms with van der Waals surface area (Å²) < 4.78 is 37.2. The molecular weight excluding hydrogens is 297 g/mol. The van der Waals surface area contributed by atoms with E-state index in [-0.39, 0.29) is 11.3 Å². The van der Waals surface area contributed by atoms with Gasteiger partial charge in [0.1, 0.15) is 0 Å². The SMILES string of the molecule is Cc1csc(C(=O)c2ccc(C(F)(F)F)cc2)c1Cl. The van der Waals surface area contributed by atoms with Crippen LogP contribution in [0.4, 0.5) is 13.2 Å². The molecule has 0 unspecified atom stereocenters. The van der Waals surface area contributed by atoms with Crippen molar-refractivity contribution in [2.24, 2.45) is 0 Å². The van der Waals surface area contributed by atoms with Gasteiger partial charge in [-0.3, -0.25) is 4.79 Å². The lowest BCUT2D eigenvalue weighted by atomic mass is 10.1. The molecule has 0 radical (unpaired) electrons. The van der Waals surface area contributed by atoms with Crippen molar-refractivity contribution in [3.05, 3.63) is 56.2 Å². The van der Waals surface area contributed by atoms with Gasteiger partial charge < -0.3 is 0 Å². The van der Waals surface area contributed by atoms with Gasteiger partial charge in [0.05, 0.1) is 15.5 Å². The van der Waals surface area contributed by atoms with Crippen LogP contribution in [0.5, 0.6) is 0 Å². The first-order chi connectivity index (χ1) is 8.80. The molecule has 1 aromatic heterocycles. The van der Waals surface area contributed by atoms with Gasteiger partial charge in [-0.05, 0) is 30.0 Å². The minimum absolute atomic E-state index is 0.191. The summed E-state index contributed by atoms with van der Waals surface area (Å²) in [4.78, 5) is 12.4. The maximum Gasteiger partial charge on any atom is 0.416 e. The summed E-state index contributed by atoms with van der Waals surface area (Å²) in [7, 11) is 0. The molecule has 0 aliphatic carbocycles. The van der Waals surface area contributed by atoms with Crippen molar-refractivity contribution in [1.82, 2.24) is 0 Å². The van der Waals surface area contributed by atoms with Crippen molar-refractivity contribution in [2.75, 3.05) is 0 Å². The summed E-state index contributed by atoms with van der Waals surface area (Å²) in [6.07, 6.45) is -4.40. The van der Waals surface area contributed by atoms with Crippen LogP contribution in [0.1, 0.15) is 26.4 Å². The minimum Gasteiger partial charge on any atom is -0.288 e. The van der Waals surface area contributed by atoms with Crippen molar-refractivity contribution < 1.29 is 18.0 Å². The number of thiophene rings is 1. The summed E-state index contributed by atoms with van der Waals surface area (Å²) in [5, 5.41) is 2.09. The van der Waals surface area contributed by atoms with Crippen LogP contribution in [-0.2, 0) is 6.18 Å². The number of aryl methyl sites for hydroxylation is 1. The molecular formula is C13H8ClF3OS. The van der Waals surface area contributed by atoms with E-state index in [1.165, 1.54) is 11.3 Å². The smallest absolute Gasteiger partial charge is 0.288 e. The highest BCUT2D eigenvalue weighted by molar-refractivity contribution is 7.13. The highest BCUT2D eigenvalue weighted by Gasteiger charge is 2.30. The molecule has 100 valence electrons. The lowest BCUT2D eigenvalue weighted by Crippen LogP contribution is -2.06. The Hall–Kier alpha value is -1.33. The molecule has 0 spiro atoms.